The Morgan fingerprint density at radius 2 is 1.83 bits per heavy atom. The van der Waals surface area contributed by atoms with Crippen LogP contribution in [0.4, 0.5) is 8.78 Å². The summed E-state index contributed by atoms with van der Waals surface area (Å²) in [7, 11) is 0. The molecule has 1 aliphatic rings. The number of nitrogens with zero attached hydrogens (tertiary/aromatic N) is 1. The van der Waals surface area contributed by atoms with E-state index in [-0.39, 0.29) is 5.92 Å². The fourth-order valence-electron chi connectivity index (χ4n) is 3.38. The summed E-state index contributed by atoms with van der Waals surface area (Å²) < 4.78 is 26.3. The first-order valence-corrected chi connectivity index (χ1v) is 8.51. The Kier molecular flexibility index (Phi) is 5.34. The lowest BCUT2D eigenvalue weighted by Gasteiger charge is -2.25. The lowest BCUT2D eigenvalue weighted by molar-refractivity contribution is -0.112. The van der Waals surface area contributed by atoms with E-state index in [9.17, 15) is 13.6 Å². The van der Waals surface area contributed by atoms with Gasteiger partial charge in [-0.05, 0) is 74.3 Å². The third kappa shape index (κ3) is 4.05. The van der Waals surface area contributed by atoms with Crippen LogP contribution in [0.5, 0.6) is 0 Å². The number of carbonyl (C=O) groups excluding carboxylic acids is 1. The van der Waals surface area contributed by atoms with E-state index in [1.165, 1.54) is 12.1 Å². The lowest BCUT2D eigenvalue weighted by Crippen LogP contribution is -2.15. The number of carbonyl (C=O) groups is 1. The molecule has 0 spiro atoms. The zero-order chi connectivity index (χ0) is 16.9. The maximum Gasteiger partial charge on any atom is 0.159 e. The Bertz CT molecular complexity index is 691. The number of halogens is 2. The molecule has 0 saturated heterocycles. The third-order valence-electron chi connectivity index (χ3n) is 4.97. The van der Waals surface area contributed by atoms with Crippen LogP contribution in [0.1, 0.15) is 37.7 Å². The zero-order valence-corrected chi connectivity index (χ0v) is 13.6. The minimum absolute atomic E-state index is 0.262. The van der Waals surface area contributed by atoms with Crippen molar-refractivity contribution in [1.82, 2.24) is 4.98 Å². The van der Waals surface area contributed by atoms with E-state index in [1.54, 1.807) is 0 Å². The smallest absolute Gasteiger partial charge is 0.159 e. The Morgan fingerprint density at radius 3 is 2.46 bits per heavy atom. The molecule has 1 aromatic heterocycles. The molecule has 0 unspecified atom stereocenters. The molecule has 1 aromatic carbocycles. The van der Waals surface area contributed by atoms with Gasteiger partial charge in [0.25, 0.3) is 0 Å². The first-order valence-electron chi connectivity index (χ1n) is 8.51. The summed E-state index contributed by atoms with van der Waals surface area (Å²) in [6.45, 7) is 0. The van der Waals surface area contributed by atoms with Gasteiger partial charge in [0, 0.05) is 17.7 Å². The average Bonchev–Trinajstić information content (AvgIpc) is 2.63. The summed E-state index contributed by atoms with van der Waals surface area (Å²) in [5.74, 6) is -0.755. The molecule has 0 aliphatic heterocycles. The molecule has 0 radical (unpaired) electrons. The Labute approximate surface area is 140 Å². The van der Waals surface area contributed by atoms with Crippen molar-refractivity contribution in [3.63, 3.8) is 0 Å². The molecule has 1 fully saturated rings. The first-order chi connectivity index (χ1) is 11.7. The summed E-state index contributed by atoms with van der Waals surface area (Å²) in [6, 6.07) is 7.68. The summed E-state index contributed by atoms with van der Waals surface area (Å²) >= 11 is 0. The van der Waals surface area contributed by atoms with Crippen molar-refractivity contribution < 1.29 is 13.6 Å². The Balaban J connectivity index is 1.57. The van der Waals surface area contributed by atoms with Crippen LogP contribution >= 0.6 is 0 Å². The van der Waals surface area contributed by atoms with Gasteiger partial charge in [0.15, 0.2) is 11.6 Å². The van der Waals surface area contributed by atoms with Crippen LogP contribution < -0.4 is 0 Å². The van der Waals surface area contributed by atoms with Gasteiger partial charge in [0.1, 0.15) is 6.29 Å². The van der Waals surface area contributed by atoms with Crippen molar-refractivity contribution in [3.8, 4) is 11.3 Å². The van der Waals surface area contributed by atoms with Crippen molar-refractivity contribution in [1.29, 1.82) is 0 Å². The second kappa shape index (κ2) is 7.65. The van der Waals surface area contributed by atoms with Crippen LogP contribution in [0.25, 0.3) is 11.3 Å². The SMILES string of the molecule is O=CC1CCC(CCc2ccc(-c3ccc(F)c(F)c3)nc2)CC1. The number of pyridine rings is 1. The van der Waals surface area contributed by atoms with Crippen LogP contribution in [-0.4, -0.2) is 11.3 Å². The largest absolute Gasteiger partial charge is 0.303 e. The number of hydrogen-bond acceptors (Lipinski definition) is 2. The average molecular weight is 329 g/mol. The summed E-state index contributed by atoms with van der Waals surface area (Å²) in [4.78, 5) is 15.2. The van der Waals surface area contributed by atoms with Crippen molar-refractivity contribution in [2.75, 3.05) is 0 Å². The lowest BCUT2D eigenvalue weighted by atomic mass is 9.80. The zero-order valence-electron chi connectivity index (χ0n) is 13.6. The highest BCUT2D eigenvalue weighted by Crippen LogP contribution is 2.30. The number of hydrogen-bond donors (Lipinski definition) is 0. The number of aryl methyl sites for hydroxylation is 1. The number of rotatable bonds is 5. The topological polar surface area (TPSA) is 30.0 Å². The second-order valence-corrected chi connectivity index (χ2v) is 6.64. The van der Waals surface area contributed by atoms with Crippen molar-refractivity contribution in [2.45, 2.75) is 38.5 Å². The molecular formula is C20H21F2NO. The number of aldehydes is 1. The standard InChI is InChI=1S/C20H21F2NO/c21-18-9-8-17(11-19(18)22)20-10-7-15(12-23-20)4-1-14-2-5-16(13-24)6-3-14/h7-14,16H,1-6H2. The van der Waals surface area contributed by atoms with Crippen LogP contribution in [0, 0.1) is 23.5 Å². The fourth-order valence-corrected chi connectivity index (χ4v) is 3.38. The van der Waals surface area contributed by atoms with Gasteiger partial charge in [-0.3, -0.25) is 4.98 Å². The van der Waals surface area contributed by atoms with Crippen LogP contribution in [-0.2, 0) is 11.2 Å². The molecule has 1 saturated carbocycles. The van der Waals surface area contributed by atoms with Gasteiger partial charge in [0.2, 0.25) is 0 Å². The molecule has 0 bridgehead atoms. The van der Waals surface area contributed by atoms with Gasteiger partial charge >= 0.3 is 0 Å². The summed E-state index contributed by atoms with van der Waals surface area (Å²) in [6.07, 6.45) is 9.26. The molecule has 1 aliphatic carbocycles. The second-order valence-electron chi connectivity index (χ2n) is 6.64. The van der Waals surface area contributed by atoms with Gasteiger partial charge in [-0.25, -0.2) is 8.78 Å². The van der Waals surface area contributed by atoms with E-state index >= 15 is 0 Å². The van der Waals surface area contributed by atoms with E-state index < -0.39 is 11.6 Å². The Hall–Kier alpha value is -2.10. The summed E-state index contributed by atoms with van der Waals surface area (Å²) in [5.41, 5.74) is 2.37. The van der Waals surface area contributed by atoms with Crippen LogP contribution in [0.15, 0.2) is 36.5 Å². The molecule has 4 heteroatoms. The van der Waals surface area contributed by atoms with E-state index in [0.29, 0.717) is 17.2 Å². The van der Waals surface area contributed by atoms with Gasteiger partial charge in [-0.15, -0.1) is 0 Å². The van der Waals surface area contributed by atoms with E-state index in [0.717, 1.165) is 56.4 Å². The number of benzene rings is 1. The quantitative estimate of drug-likeness (QED) is 0.725. The van der Waals surface area contributed by atoms with Crippen molar-refractivity contribution in [3.05, 3.63) is 53.7 Å². The highest BCUT2D eigenvalue weighted by molar-refractivity contribution is 5.59. The summed E-state index contributed by atoms with van der Waals surface area (Å²) in [5, 5.41) is 0. The van der Waals surface area contributed by atoms with Crippen LogP contribution in [0.3, 0.4) is 0 Å². The molecule has 1 heterocycles. The predicted octanol–water partition coefficient (Wildman–Crippen LogP) is 4.96. The van der Waals surface area contributed by atoms with Gasteiger partial charge in [-0.1, -0.05) is 6.07 Å². The first kappa shape index (κ1) is 16.7. The molecule has 0 amide bonds. The van der Waals surface area contributed by atoms with Gasteiger partial charge in [-0.2, -0.15) is 0 Å². The molecule has 2 aromatic rings. The maximum atomic E-state index is 13.3. The fraction of sp³-hybridized carbons (Fsp3) is 0.400. The predicted molar refractivity (Wildman–Crippen MR) is 89.4 cm³/mol. The van der Waals surface area contributed by atoms with Crippen molar-refractivity contribution >= 4 is 6.29 Å². The molecule has 0 N–H and O–H groups in total. The van der Waals surface area contributed by atoms with E-state index in [4.69, 9.17) is 0 Å². The highest BCUT2D eigenvalue weighted by Gasteiger charge is 2.20. The molecule has 24 heavy (non-hydrogen) atoms. The Morgan fingerprint density at radius 1 is 1.04 bits per heavy atom. The molecular weight excluding hydrogens is 308 g/mol. The molecule has 2 nitrogen and oxygen atoms in total. The van der Waals surface area contributed by atoms with Crippen molar-refractivity contribution in [2.24, 2.45) is 11.8 Å². The molecule has 3 rings (SSSR count). The monoisotopic (exact) mass is 329 g/mol. The molecule has 126 valence electrons. The minimum Gasteiger partial charge on any atom is -0.303 e. The minimum atomic E-state index is -0.857. The maximum absolute atomic E-state index is 13.3. The molecule has 0 atom stereocenters. The normalized spacial score (nSPS) is 20.8. The van der Waals surface area contributed by atoms with E-state index in [2.05, 4.69) is 4.98 Å². The van der Waals surface area contributed by atoms with E-state index in [1.807, 2.05) is 18.3 Å². The highest BCUT2D eigenvalue weighted by atomic mass is 19.2. The van der Waals surface area contributed by atoms with Gasteiger partial charge in [0.05, 0.1) is 5.69 Å². The number of aromatic nitrogens is 1. The van der Waals surface area contributed by atoms with Gasteiger partial charge < -0.3 is 4.79 Å². The van der Waals surface area contributed by atoms with Crippen LogP contribution in [0.2, 0.25) is 0 Å². The third-order valence-corrected chi connectivity index (χ3v) is 4.97.